The third-order valence-electron chi connectivity index (χ3n) is 3.29. The van der Waals surface area contributed by atoms with Crippen molar-refractivity contribution in [3.8, 4) is 0 Å². The van der Waals surface area contributed by atoms with Crippen molar-refractivity contribution in [2.45, 2.75) is 6.54 Å². The second kappa shape index (κ2) is 5.80. The standard InChI is InChI=1S/C16H12Cl2N2O/c17-11-5-6-12-13(9-19-15(12)7-11)16(21)20-8-10-3-1-2-4-14(10)18/h1-7,9,19H,8H2,(H,20,21). The molecule has 0 atom stereocenters. The van der Waals surface area contributed by atoms with Gasteiger partial charge in [0.25, 0.3) is 5.91 Å². The molecule has 1 heterocycles. The minimum Gasteiger partial charge on any atom is -0.360 e. The Bertz CT molecular complexity index is 811. The number of halogens is 2. The topological polar surface area (TPSA) is 44.9 Å². The first-order chi connectivity index (χ1) is 10.1. The minimum atomic E-state index is -0.150. The molecule has 3 aromatic rings. The van der Waals surface area contributed by atoms with E-state index in [4.69, 9.17) is 23.2 Å². The molecule has 0 radical (unpaired) electrons. The molecule has 1 aromatic heterocycles. The SMILES string of the molecule is O=C(NCc1ccccc1Cl)c1c[nH]c2cc(Cl)ccc12. The summed E-state index contributed by atoms with van der Waals surface area (Å²) >= 11 is 12.0. The molecular formula is C16H12Cl2N2O. The van der Waals surface area contributed by atoms with E-state index >= 15 is 0 Å². The molecule has 0 unspecified atom stereocenters. The van der Waals surface area contributed by atoms with Crippen LogP contribution in [0.2, 0.25) is 10.0 Å². The van der Waals surface area contributed by atoms with Gasteiger partial charge in [-0.15, -0.1) is 0 Å². The highest BCUT2D eigenvalue weighted by Crippen LogP contribution is 2.22. The summed E-state index contributed by atoms with van der Waals surface area (Å²) in [5, 5.41) is 4.99. The van der Waals surface area contributed by atoms with Crippen LogP contribution in [0.4, 0.5) is 0 Å². The average Bonchev–Trinajstić information content (AvgIpc) is 2.89. The summed E-state index contributed by atoms with van der Waals surface area (Å²) in [5.74, 6) is -0.150. The monoisotopic (exact) mass is 318 g/mol. The Morgan fingerprint density at radius 3 is 2.76 bits per heavy atom. The number of nitrogens with one attached hydrogen (secondary N) is 2. The van der Waals surface area contributed by atoms with Gasteiger partial charge in [0.2, 0.25) is 0 Å². The fourth-order valence-corrected chi connectivity index (χ4v) is 2.57. The van der Waals surface area contributed by atoms with Crippen LogP contribution in [-0.4, -0.2) is 10.9 Å². The van der Waals surface area contributed by atoms with Crippen molar-refractivity contribution in [3.05, 3.63) is 69.8 Å². The Morgan fingerprint density at radius 1 is 1.14 bits per heavy atom. The maximum absolute atomic E-state index is 12.3. The summed E-state index contributed by atoms with van der Waals surface area (Å²) < 4.78 is 0. The Labute approximate surface area is 131 Å². The lowest BCUT2D eigenvalue weighted by Crippen LogP contribution is -2.22. The first kappa shape index (κ1) is 14.0. The summed E-state index contributed by atoms with van der Waals surface area (Å²) in [4.78, 5) is 15.3. The molecule has 1 amide bonds. The van der Waals surface area contributed by atoms with Crippen LogP contribution in [0.3, 0.4) is 0 Å². The molecule has 5 heteroatoms. The molecule has 2 N–H and O–H groups in total. The van der Waals surface area contributed by atoms with Crippen molar-refractivity contribution in [2.24, 2.45) is 0 Å². The fourth-order valence-electron chi connectivity index (χ4n) is 2.20. The average molecular weight is 319 g/mol. The Hall–Kier alpha value is -1.97. The molecule has 0 aliphatic carbocycles. The number of carbonyl (C=O) groups is 1. The minimum absolute atomic E-state index is 0.150. The molecule has 0 saturated heterocycles. The van der Waals surface area contributed by atoms with E-state index < -0.39 is 0 Å². The molecule has 0 saturated carbocycles. The largest absolute Gasteiger partial charge is 0.360 e. The lowest BCUT2D eigenvalue weighted by Gasteiger charge is -2.06. The highest BCUT2D eigenvalue weighted by Gasteiger charge is 2.12. The van der Waals surface area contributed by atoms with Crippen LogP contribution in [-0.2, 0) is 6.54 Å². The van der Waals surface area contributed by atoms with Gasteiger partial charge in [-0.05, 0) is 23.8 Å². The molecule has 2 aromatic carbocycles. The van der Waals surface area contributed by atoms with Crippen LogP contribution in [0.25, 0.3) is 10.9 Å². The molecular weight excluding hydrogens is 307 g/mol. The van der Waals surface area contributed by atoms with Gasteiger partial charge in [0.1, 0.15) is 0 Å². The molecule has 106 valence electrons. The summed E-state index contributed by atoms with van der Waals surface area (Å²) in [7, 11) is 0. The second-order valence-electron chi connectivity index (χ2n) is 4.67. The molecule has 0 aliphatic heterocycles. The molecule has 0 fully saturated rings. The fraction of sp³-hybridized carbons (Fsp3) is 0.0625. The Balaban J connectivity index is 1.80. The predicted molar refractivity (Wildman–Crippen MR) is 85.9 cm³/mol. The van der Waals surface area contributed by atoms with Gasteiger partial charge in [-0.25, -0.2) is 0 Å². The van der Waals surface area contributed by atoms with E-state index in [0.29, 0.717) is 22.2 Å². The number of hydrogen-bond donors (Lipinski definition) is 2. The first-order valence-electron chi connectivity index (χ1n) is 6.43. The van der Waals surface area contributed by atoms with Crippen molar-refractivity contribution in [2.75, 3.05) is 0 Å². The number of aromatic nitrogens is 1. The van der Waals surface area contributed by atoms with Crippen LogP contribution in [0, 0.1) is 0 Å². The molecule has 0 spiro atoms. The van der Waals surface area contributed by atoms with Crippen molar-refractivity contribution >= 4 is 40.0 Å². The van der Waals surface area contributed by atoms with E-state index in [2.05, 4.69) is 10.3 Å². The Kier molecular flexibility index (Phi) is 3.86. The second-order valence-corrected chi connectivity index (χ2v) is 5.51. The van der Waals surface area contributed by atoms with Gasteiger partial charge < -0.3 is 10.3 Å². The molecule has 3 nitrogen and oxygen atoms in total. The number of H-pyrrole nitrogens is 1. The summed E-state index contributed by atoms with van der Waals surface area (Å²) in [6.07, 6.45) is 1.68. The highest BCUT2D eigenvalue weighted by atomic mass is 35.5. The quantitative estimate of drug-likeness (QED) is 0.738. The zero-order valence-corrected chi connectivity index (χ0v) is 12.5. The van der Waals surface area contributed by atoms with Crippen molar-refractivity contribution in [1.82, 2.24) is 10.3 Å². The zero-order chi connectivity index (χ0) is 14.8. The predicted octanol–water partition coefficient (Wildman–Crippen LogP) is 4.40. The number of hydrogen-bond acceptors (Lipinski definition) is 1. The normalized spacial score (nSPS) is 10.8. The van der Waals surface area contributed by atoms with Crippen LogP contribution in [0.1, 0.15) is 15.9 Å². The number of rotatable bonds is 3. The number of fused-ring (bicyclic) bond motifs is 1. The van der Waals surface area contributed by atoms with Gasteiger partial charge in [-0.2, -0.15) is 0 Å². The summed E-state index contributed by atoms with van der Waals surface area (Å²) in [6.45, 7) is 0.388. The van der Waals surface area contributed by atoms with Gasteiger partial charge in [0.05, 0.1) is 5.56 Å². The van der Waals surface area contributed by atoms with Crippen LogP contribution in [0.5, 0.6) is 0 Å². The molecule has 0 bridgehead atoms. The Morgan fingerprint density at radius 2 is 1.95 bits per heavy atom. The highest BCUT2D eigenvalue weighted by molar-refractivity contribution is 6.31. The van der Waals surface area contributed by atoms with E-state index in [9.17, 15) is 4.79 Å². The zero-order valence-electron chi connectivity index (χ0n) is 11.0. The lowest BCUT2D eigenvalue weighted by molar-refractivity contribution is 0.0952. The summed E-state index contributed by atoms with van der Waals surface area (Å²) in [5.41, 5.74) is 2.31. The van der Waals surface area contributed by atoms with Crippen molar-refractivity contribution in [1.29, 1.82) is 0 Å². The van der Waals surface area contributed by atoms with Gasteiger partial charge in [-0.1, -0.05) is 47.5 Å². The number of carbonyl (C=O) groups excluding carboxylic acids is 1. The van der Waals surface area contributed by atoms with Gasteiger partial charge in [0.15, 0.2) is 0 Å². The first-order valence-corrected chi connectivity index (χ1v) is 7.19. The van der Waals surface area contributed by atoms with Crippen LogP contribution < -0.4 is 5.32 Å². The third kappa shape index (κ3) is 2.89. The molecule has 21 heavy (non-hydrogen) atoms. The third-order valence-corrected chi connectivity index (χ3v) is 3.89. The van der Waals surface area contributed by atoms with Gasteiger partial charge in [0, 0.05) is 33.7 Å². The number of benzene rings is 2. The maximum atomic E-state index is 12.3. The maximum Gasteiger partial charge on any atom is 0.253 e. The van der Waals surface area contributed by atoms with Crippen molar-refractivity contribution < 1.29 is 4.79 Å². The lowest BCUT2D eigenvalue weighted by atomic mass is 10.1. The van der Waals surface area contributed by atoms with E-state index in [1.165, 1.54) is 0 Å². The summed E-state index contributed by atoms with van der Waals surface area (Å²) in [6, 6.07) is 12.8. The van der Waals surface area contributed by atoms with Crippen molar-refractivity contribution in [3.63, 3.8) is 0 Å². The van der Waals surface area contributed by atoms with Gasteiger partial charge in [-0.3, -0.25) is 4.79 Å². The van der Waals surface area contributed by atoms with E-state index in [-0.39, 0.29) is 5.91 Å². The number of aromatic amines is 1. The van der Waals surface area contributed by atoms with E-state index in [0.717, 1.165) is 16.5 Å². The van der Waals surface area contributed by atoms with Crippen LogP contribution in [0.15, 0.2) is 48.7 Å². The molecule has 0 aliphatic rings. The molecule has 3 rings (SSSR count). The van der Waals surface area contributed by atoms with E-state index in [1.54, 1.807) is 24.4 Å². The van der Waals surface area contributed by atoms with Gasteiger partial charge >= 0.3 is 0 Å². The smallest absolute Gasteiger partial charge is 0.253 e. The number of amides is 1. The van der Waals surface area contributed by atoms with Crippen LogP contribution >= 0.6 is 23.2 Å². The van der Waals surface area contributed by atoms with E-state index in [1.807, 2.05) is 24.3 Å².